The maximum Gasteiger partial charge on any atom is 0.106 e. The minimum Gasteiger partial charge on any atom is -0.357 e. The van der Waals surface area contributed by atoms with Crippen molar-refractivity contribution >= 4 is 0 Å². The van der Waals surface area contributed by atoms with Crippen molar-refractivity contribution in [3.05, 3.63) is 95.6 Å². The fourth-order valence-electron chi connectivity index (χ4n) is 3.94. The molecule has 0 amide bonds. The molecule has 0 N–H and O–H groups in total. The Bertz CT molecular complexity index is 939. The van der Waals surface area contributed by atoms with Crippen molar-refractivity contribution in [1.29, 1.82) is 0 Å². The van der Waals surface area contributed by atoms with E-state index < -0.39 is 0 Å². The van der Waals surface area contributed by atoms with E-state index in [1.807, 2.05) is 0 Å². The van der Waals surface area contributed by atoms with Crippen LogP contribution < -0.4 is 0 Å². The molecule has 2 heterocycles. The van der Waals surface area contributed by atoms with Crippen molar-refractivity contribution in [3.63, 3.8) is 0 Å². The highest BCUT2D eigenvalue weighted by Crippen LogP contribution is 2.53. The van der Waals surface area contributed by atoms with E-state index in [-0.39, 0.29) is 12.2 Å². The zero-order chi connectivity index (χ0) is 16.1. The summed E-state index contributed by atoms with van der Waals surface area (Å²) in [5, 5.41) is 0. The van der Waals surface area contributed by atoms with Gasteiger partial charge in [0.25, 0.3) is 0 Å². The third-order valence-corrected chi connectivity index (χ3v) is 5.08. The first-order valence-corrected chi connectivity index (χ1v) is 8.44. The van der Waals surface area contributed by atoms with Gasteiger partial charge in [0.2, 0.25) is 0 Å². The zero-order valence-electron chi connectivity index (χ0n) is 13.6. The van der Waals surface area contributed by atoms with E-state index in [1.54, 1.807) is 0 Å². The molecule has 0 radical (unpaired) electrons. The largest absolute Gasteiger partial charge is 0.357 e. The van der Waals surface area contributed by atoms with Crippen LogP contribution in [-0.4, -0.2) is 0 Å². The maximum absolute atomic E-state index is 6.22. The van der Waals surface area contributed by atoms with Gasteiger partial charge >= 0.3 is 0 Å². The van der Waals surface area contributed by atoms with Crippen molar-refractivity contribution < 1.29 is 4.74 Å². The summed E-state index contributed by atoms with van der Waals surface area (Å²) in [5.74, 6) is 0. The van der Waals surface area contributed by atoms with Gasteiger partial charge in [-0.15, -0.1) is 0 Å². The summed E-state index contributed by atoms with van der Waals surface area (Å²) in [6.45, 7) is 2.17. The summed E-state index contributed by atoms with van der Waals surface area (Å²) in [6, 6.07) is 25.9. The molecule has 116 valence electrons. The number of fused-ring (bicyclic) bond motifs is 5. The van der Waals surface area contributed by atoms with Crippen molar-refractivity contribution in [2.45, 2.75) is 19.1 Å². The third-order valence-electron chi connectivity index (χ3n) is 5.08. The lowest BCUT2D eigenvalue weighted by Crippen LogP contribution is -2.01. The topological polar surface area (TPSA) is 9.23 Å². The van der Waals surface area contributed by atoms with E-state index in [0.29, 0.717) is 0 Å². The van der Waals surface area contributed by atoms with Crippen LogP contribution in [0.15, 0.2) is 84.4 Å². The Hall–Kier alpha value is -2.64. The second kappa shape index (κ2) is 5.19. The SMILES string of the molecule is CC1=CC2OC1c1c(-c3ccccc3)cc(-c3ccccc3)cc12. The van der Waals surface area contributed by atoms with Crippen LogP contribution in [-0.2, 0) is 4.74 Å². The fourth-order valence-corrected chi connectivity index (χ4v) is 3.94. The predicted octanol–water partition coefficient (Wildman–Crippen LogP) is 6.09. The predicted molar refractivity (Wildman–Crippen MR) is 97.6 cm³/mol. The lowest BCUT2D eigenvalue weighted by molar-refractivity contribution is 0.0835. The maximum atomic E-state index is 6.22. The molecule has 3 aromatic carbocycles. The summed E-state index contributed by atoms with van der Waals surface area (Å²) in [4.78, 5) is 0. The average Bonchev–Trinajstić information content (AvgIpc) is 3.20. The average molecular weight is 310 g/mol. The van der Waals surface area contributed by atoms with Crippen molar-refractivity contribution in [2.24, 2.45) is 0 Å². The molecule has 0 spiro atoms. The van der Waals surface area contributed by atoms with Gasteiger partial charge in [-0.05, 0) is 64.1 Å². The minimum atomic E-state index is 0.108. The smallest absolute Gasteiger partial charge is 0.106 e. The van der Waals surface area contributed by atoms with Crippen LogP contribution in [0.5, 0.6) is 0 Å². The van der Waals surface area contributed by atoms with Gasteiger partial charge in [-0.25, -0.2) is 0 Å². The molecule has 1 nitrogen and oxygen atoms in total. The first-order valence-electron chi connectivity index (χ1n) is 8.44. The van der Waals surface area contributed by atoms with Gasteiger partial charge in [0.1, 0.15) is 12.2 Å². The Kier molecular flexibility index (Phi) is 2.97. The molecule has 0 aliphatic carbocycles. The van der Waals surface area contributed by atoms with E-state index in [9.17, 15) is 0 Å². The molecule has 2 aliphatic heterocycles. The molecule has 2 aliphatic rings. The van der Waals surface area contributed by atoms with E-state index in [0.717, 1.165) is 0 Å². The van der Waals surface area contributed by atoms with Crippen molar-refractivity contribution in [1.82, 2.24) is 0 Å². The molecule has 5 rings (SSSR count). The quantitative estimate of drug-likeness (QED) is 0.520. The fraction of sp³-hybridized carbons (Fsp3) is 0.130. The highest BCUT2D eigenvalue weighted by atomic mass is 16.5. The number of ether oxygens (including phenoxy) is 1. The molecule has 24 heavy (non-hydrogen) atoms. The first kappa shape index (κ1) is 13.8. The van der Waals surface area contributed by atoms with E-state index in [4.69, 9.17) is 4.74 Å². The standard InChI is InChI=1S/C23H18O/c1-15-12-21-20-14-18(16-8-4-2-5-9-16)13-19(22(20)23(15)24-21)17-10-6-3-7-11-17/h2-14,21,23H,1H3. The molecular formula is C23H18O. The summed E-state index contributed by atoms with van der Waals surface area (Å²) >= 11 is 0. The normalized spacial score (nSPS) is 20.8. The summed E-state index contributed by atoms with van der Waals surface area (Å²) in [6.07, 6.45) is 2.48. The highest BCUT2D eigenvalue weighted by molar-refractivity contribution is 5.79. The second-order valence-corrected chi connectivity index (χ2v) is 6.61. The molecule has 0 fully saturated rings. The number of rotatable bonds is 2. The van der Waals surface area contributed by atoms with Gasteiger partial charge in [0, 0.05) is 0 Å². The van der Waals surface area contributed by atoms with Gasteiger partial charge in [-0.1, -0.05) is 60.7 Å². The summed E-state index contributed by atoms with van der Waals surface area (Å²) < 4.78 is 6.22. The van der Waals surface area contributed by atoms with Gasteiger partial charge < -0.3 is 4.74 Å². The third kappa shape index (κ3) is 1.98. The lowest BCUT2D eigenvalue weighted by atomic mass is 9.83. The molecule has 2 bridgehead atoms. The van der Waals surface area contributed by atoms with Gasteiger partial charge in [0.15, 0.2) is 0 Å². The number of benzene rings is 3. The van der Waals surface area contributed by atoms with Crippen LogP contribution in [0.1, 0.15) is 30.3 Å². The van der Waals surface area contributed by atoms with Crippen LogP contribution in [0, 0.1) is 0 Å². The van der Waals surface area contributed by atoms with Crippen LogP contribution >= 0.6 is 0 Å². The van der Waals surface area contributed by atoms with Gasteiger partial charge in [0.05, 0.1) is 0 Å². The number of hydrogen-bond donors (Lipinski definition) is 0. The van der Waals surface area contributed by atoms with Crippen molar-refractivity contribution in [2.75, 3.05) is 0 Å². The first-order chi connectivity index (χ1) is 11.8. The van der Waals surface area contributed by atoms with Crippen molar-refractivity contribution in [3.8, 4) is 22.3 Å². The molecule has 2 atom stereocenters. The second-order valence-electron chi connectivity index (χ2n) is 6.61. The molecule has 1 heteroatoms. The molecule has 3 aromatic rings. The Labute approximate surface area is 142 Å². The Morgan fingerprint density at radius 2 is 1.42 bits per heavy atom. The van der Waals surface area contributed by atoms with Gasteiger partial charge in [-0.3, -0.25) is 0 Å². The molecular weight excluding hydrogens is 292 g/mol. The van der Waals surface area contributed by atoms with Gasteiger partial charge in [-0.2, -0.15) is 0 Å². The summed E-state index contributed by atoms with van der Waals surface area (Å²) in [5.41, 5.74) is 9.08. The van der Waals surface area contributed by atoms with Crippen LogP contribution in [0.3, 0.4) is 0 Å². The summed E-state index contributed by atoms with van der Waals surface area (Å²) in [7, 11) is 0. The Balaban J connectivity index is 1.77. The molecule has 0 aromatic heterocycles. The monoisotopic (exact) mass is 310 g/mol. The zero-order valence-corrected chi connectivity index (χ0v) is 13.6. The molecule has 0 saturated heterocycles. The van der Waals surface area contributed by atoms with Crippen LogP contribution in [0.2, 0.25) is 0 Å². The van der Waals surface area contributed by atoms with Crippen LogP contribution in [0.25, 0.3) is 22.3 Å². The van der Waals surface area contributed by atoms with E-state index >= 15 is 0 Å². The van der Waals surface area contributed by atoms with E-state index in [2.05, 4.69) is 85.8 Å². The number of hydrogen-bond acceptors (Lipinski definition) is 1. The van der Waals surface area contributed by atoms with E-state index in [1.165, 1.54) is 39.0 Å². The lowest BCUT2D eigenvalue weighted by Gasteiger charge is -2.18. The Morgan fingerprint density at radius 3 is 2.12 bits per heavy atom. The minimum absolute atomic E-state index is 0.108. The molecule has 0 saturated carbocycles. The highest BCUT2D eigenvalue weighted by Gasteiger charge is 2.39. The molecule has 2 unspecified atom stereocenters. The Morgan fingerprint density at radius 1 is 0.750 bits per heavy atom. The van der Waals surface area contributed by atoms with Crippen LogP contribution in [0.4, 0.5) is 0 Å².